The number of nitrogens with one attached hydrogen (secondary N) is 1. The minimum atomic E-state index is -0.257. The van der Waals surface area contributed by atoms with Gasteiger partial charge in [-0.15, -0.1) is 0 Å². The van der Waals surface area contributed by atoms with E-state index >= 15 is 0 Å². The first-order valence-corrected chi connectivity index (χ1v) is 11.0. The molecule has 9 nitrogen and oxygen atoms in total. The molecule has 33 heavy (non-hydrogen) atoms. The Balaban J connectivity index is 1.32. The van der Waals surface area contributed by atoms with Gasteiger partial charge in [0.25, 0.3) is 11.5 Å². The van der Waals surface area contributed by atoms with Gasteiger partial charge in [-0.25, -0.2) is 9.67 Å². The fraction of sp³-hybridized carbons (Fsp3) is 0.217. The van der Waals surface area contributed by atoms with E-state index in [0.29, 0.717) is 42.2 Å². The third kappa shape index (κ3) is 5.58. The molecule has 0 unspecified atom stereocenters. The predicted octanol–water partition coefficient (Wildman–Crippen LogP) is 2.61. The Kier molecular flexibility index (Phi) is 7.04. The Morgan fingerprint density at radius 1 is 1.09 bits per heavy atom. The fourth-order valence-corrected chi connectivity index (χ4v) is 3.50. The Labute approximate surface area is 198 Å². The van der Waals surface area contributed by atoms with Crippen LogP contribution >= 0.6 is 15.9 Å². The predicted molar refractivity (Wildman–Crippen MR) is 127 cm³/mol. The lowest BCUT2D eigenvalue weighted by Gasteiger charge is -2.09. The van der Waals surface area contributed by atoms with Gasteiger partial charge in [0.1, 0.15) is 23.2 Å². The number of amides is 1. The number of carbonyl (C=O) groups is 1. The van der Waals surface area contributed by atoms with Crippen molar-refractivity contribution in [1.82, 2.24) is 24.6 Å². The van der Waals surface area contributed by atoms with Gasteiger partial charge in [-0.2, -0.15) is 5.10 Å². The molecule has 0 bridgehead atoms. The third-order valence-electron chi connectivity index (χ3n) is 4.96. The average molecular weight is 512 g/mol. The molecule has 0 saturated carbocycles. The van der Waals surface area contributed by atoms with Crippen molar-refractivity contribution in [3.05, 3.63) is 81.4 Å². The summed E-state index contributed by atoms with van der Waals surface area (Å²) in [5.74, 6) is 1.03. The van der Waals surface area contributed by atoms with E-state index in [1.807, 2.05) is 24.3 Å². The van der Waals surface area contributed by atoms with Gasteiger partial charge in [0.05, 0.1) is 26.4 Å². The number of halogens is 1. The number of rotatable bonds is 9. The molecule has 0 aliphatic rings. The maximum Gasteiger partial charge on any atom is 0.264 e. The Bertz CT molecular complexity index is 1300. The van der Waals surface area contributed by atoms with Crippen molar-refractivity contribution in [1.29, 1.82) is 0 Å². The average Bonchev–Trinajstić information content (AvgIpc) is 3.25. The normalized spacial score (nSPS) is 10.8. The van der Waals surface area contributed by atoms with Crippen LogP contribution in [0.15, 0.2) is 70.3 Å². The van der Waals surface area contributed by atoms with Gasteiger partial charge in [-0.1, -0.05) is 28.1 Å². The number of nitrogens with zero attached hydrogens (tertiary/aromatic N) is 4. The van der Waals surface area contributed by atoms with Crippen molar-refractivity contribution < 1.29 is 14.3 Å². The lowest BCUT2D eigenvalue weighted by atomic mass is 10.2. The second-order valence-corrected chi connectivity index (χ2v) is 8.14. The van der Waals surface area contributed by atoms with Gasteiger partial charge < -0.3 is 14.8 Å². The maximum absolute atomic E-state index is 12.8. The summed E-state index contributed by atoms with van der Waals surface area (Å²) < 4.78 is 14.7. The molecule has 0 aliphatic carbocycles. The lowest BCUT2D eigenvalue weighted by molar-refractivity contribution is -0.123. The molecule has 0 spiro atoms. The van der Waals surface area contributed by atoms with Crippen LogP contribution in [0, 0.1) is 0 Å². The van der Waals surface area contributed by atoms with Crippen LogP contribution in [0.5, 0.6) is 11.5 Å². The largest absolute Gasteiger partial charge is 0.497 e. The standard InChI is InChI=1S/C23H22BrN5O4/c1-32-18-6-8-19(9-7-18)33-14-21(30)25-10-11-29-22-20(12-27-29)23(31)28(15-26-22)13-16-2-4-17(24)5-3-16/h2-9,12,15H,10-11,13-14H2,1H3,(H,25,30). The molecular weight excluding hydrogens is 490 g/mol. The van der Waals surface area contributed by atoms with Crippen molar-refractivity contribution in [3.63, 3.8) is 0 Å². The van der Waals surface area contributed by atoms with Crippen LogP contribution < -0.4 is 20.3 Å². The quantitative estimate of drug-likeness (QED) is 0.370. The van der Waals surface area contributed by atoms with Crippen LogP contribution in [0.25, 0.3) is 11.0 Å². The Morgan fingerprint density at radius 2 is 1.82 bits per heavy atom. The van der Waals surface area contributed by atoms with Gasteiger partial charge in [0, 0.05) is 11.0 Å². The first kappa shape index (κ1) is 22.5. The zero-order valence-electron chi connectivity index (χ0n) is 17.9. The van der Waals surface area contributed by atoms with E-state index in [0.717, 1.165) is 10.0 Å². The molecule has 0 radical (unpaired) electrons. The van der Waals surface area contributed by atoms with Crippen LogP contribution in [0.2, 0.25) is 0 Å². The van der Waals surface area contributed by atoms with Gasteiger partial charge in [0.2, 0.25) is 0 Å². The van der Waals surface area contributed by atoms with Gasteiger partial charge in [-0.05, 0) is 42.0 Å². The molecule has 0 atom stereocenters. The summed E-state index contributed by atoms with van der Waals surface area (Å²) in [6.07, 6.45) is 3.03. The van der Waals surface area contributed by atoms with E-state index < -0.39 is 0 Å². The highest BCUT2D eigenvalue weighted by Gasteiger charge is 2.11. The molecule has 0 saturated heterocycles. The van der Waals surface area contributed by atoms with E-state index in [1.165, 1.54) is 12.5 Å². The molecule has 170 valence electrons. The second-order valence-electron chi connectivity index (χ2n) is 7.22. The Morgan fingerprint density at radius 3 is 2.55 bits per heavy atom. The fourth-order valence-electron chi connectivity index (χ4n) is 3.23. The highest BCUT2D eigenvalue weighted by molar-refractivity contribution is 9.10. The van der Waals surface area contributed by atoms with Crippen molar-refractivity contribution in [2.75, 3.05) is 20.3 Å². The van der Waals surface area contributed by atoms with E-state index in [9.17, 15) is 9.59 Å². The number of ether oxygens (including phenoxy) is 2. The molecule has 1 amide bonds. The highest BCUT2D eigenvalue weighted by Crippen LogP contribution is 2.16. The maximum atomic E-state index is 12.8. The summed E-state index contributed by atoms with van der Waals surface area (Å²) in [5.41, 5.74) is 1.32. The summed E-state index contributed by atoms with van der Waals surface area (Å²) >= 11 is 3.40. The molecule has 0 fully saturated rings. The summed E-state index contributed by atoms with van der Waals surface area (Å²) in [4.78, 5) is 29.3. The number of benzene rings is 2. The van der Waals surface area contributed by atoms with E-state index in [4.69, 9.17) is 9.47 Å². The summed E-state index contributed by atoms with van der Waals surface area (Å²) in [6.45, 7) is 1.02. The Hall–Kier alpha value is -3.66. The second kappa shape index (κ2) is 10.3. The zero-order chi connectivity index (χ0) is 23.2. The molecular formula is C23H22BrN5O4. The van der Waals surface area contributed by atoms with Crippen LogP contribution in [-0.4, -0.2) is 45.5 Å². The minimum absolute atomic E-state index is 0.106. The molecule has 2 aromatic heterocycles. The topological polar surface area (TPSA) is 100 Å². The van der Waals surface area contributed by atoms with Gasteiger partial charge >= 0.3 is 0 Å². The number of hydrogen-bond donors (Lipinski definition) is 1. The van der Waals surface area contributed by atoms with E-state index in [-0.39, 0.29) is 18.1 Å². The smallest absolute Gasteiger partial charge is 0.264 e. The number of aromatic nitrogens is 4. The third-order valence-corrected chi connectivity index (χ3v) is 5.49. The summed E-state index contributed by atoms with van der Waals surface area (Å²) in [7, 11) is 1.58. The SMILES string of the molecule is COc1ccc(OCC(=O)NCCn2ncc3c(=O)n(Cc4ccc(Br)cc4)cnc32)cc1. The van der Waals surface area contributed by atoms with Gasteiger partial charge in [-0.3, -0.25) is 14.2 Å². The first-order valence-electron chi connectivity index (χ1n) is 10.2. The number of hydrogen-bond acceptors (Lipinski definition) is 6. The molecule has 4 rings (SSSR count). The van der Waals surface area contributed by atoms with Crippen LogP contribution in [0.3, 0.4) is 0 Å². The van der Waals surface area contributed by atoms with Crippen molar-refractivity contribution in [3.8, 4) is 11.5 Å². The van der Waals surface area contributed by atoms with Crippen molar-refractivity contribution in [2.24, 2.45) is 0 Å². The van der Waals surface area contributed by atoms with Crippen LogP contribution in [0.4, 0.5) is 0 Å². The first-order chi connectivity index (χ1) is 16.0. The lowest BCUT2D eigenvalue weighted by Crippen LogP contribution is -2.31. The molecule has 2 aromatic carbocycles. The van der Waals surface area contributed by atoms with Crippen molar-refractivity contribution in [2.45, 2.75) is 13.1 Å². The zero-order valence-corrected chi connectivity index (χ0v) is 19.5. The van der Waals surface area contributed by atoms with E-state index in [2.05, 4.69) is 31.3 Å². The van der Waals surface area contributed by atoms with Gasteiger partial charge in [0.15, 0.2) is 12.3 Å². The minimum Gasteiger partial charge on any atom is -0.497 e. The molecule has 4 aromatic rings. The monoisotopic (exact) mass is 511 g/mol. The highest BCUT2D eigenvalue weighted by atomic mass is 79.9. The van der Waals surface area contributed by atoms with Crippen LogP contribution in [0.1, 0.15) is 5.56 Å². The molecule has 0 aliphatic heterocycles. The molecule has 2 heterocycles. The molecule has 10 heteroatoms. The number of carbonyl (C=O) groups excluding carboxylic acids is 1. The number of fused-ring (bicyclic) bond motifs is 1. The van der Waals surface area contributed by atoms with Crippen molar-refractivity contribution >= 4 is 32.9 Å². The van der Waals surface area contributed by atoms with E-state index in [1.54, 1.807) is 40.6 Å². The molecule has 1 N–H and O–H groups in total. The summed E-state index contributed by atoms with van der Waals surface area (Å²) in [5, 5.41) is 7.47. The van der Waals surface area contributed by atoms with Crippen LogP contribution in [-0.2, 0) is 17.9 Å². The number of methoxy groups -OCH3 is 1. The summed E-state index contributed by atoms with van der Waals surface area (Å²) in [6, 6.07) is 14.7.